The highest BCUT2D eigenvalue weighted by atomic mass is 32.2. The lowest BCUT2D eigenvalue weighted by Crippen LogP contribution is -2.27. The maximum absolute atomic E-state index is 11.6. The number of benzene rings is 1. The van der Waals surface area contributed by atoms with Gasteiger partial charge in [-0.2, -0.15) is 5.10 Å². The van der Waals surface area contributed by atoms with Gasteiger partial charge in [-0.05, 0) is 37.0 Å². The zero-order chi connectivity index (χ0) is 16.6. The molecule has 0 spiro atoms. The lowest BCUT2D eigenvalue weighted by Gasteiger charge is -2.23. The van der Waals surface area contributed by atoms with Gasteiger partial charge >= 0.3 is 0 Å². The molecule has 0 radical (unpaired) electrons. The van der Waals surface area contributed by atoms with E-state index in [2.05, 4.69) is 15.5 Å². The topological polar surface area (TPSA) is 118 Å². The second-order valence-corrected chi connectivity index (χ2v) is 7.68. The summed E-state index contributed by atoms with van der Waals surface area (Å²) in [5.41, 5.74) is 2.30. The molecule has 0 saturated carbocycles. The number of aromatic nitrogens is 2. The number of nitro groups is 1. The molecular formula is C14H16N4O4S. The second kappa shape index (κ2) is 5.65. The summed E-state index contributed by atoms with van der Waals surface area (Å²) in [4.78, 5) is 10.6. The fourth-order valence-corrected chi connectivity index (χ4v) is 3.42. The van der Waals surface area contributed by atoms with Gasteiger partial charge in [0.2, 0.25) is 0 Å². The van der Waals surface area contributed by atoms with Crippen LogP contribution in [0, 0.1) is 10.1 Å². The molecule has 3 rings (SSSR count). The molecule has 8 nitrogen and oxygen atoms in total. The molecule has 0 amide bonds. The van der Waals surface area contributed by atoms with Crippen molar-refractivity contribution in [3.05, 3.63) is 45.8 Å². The third-order valence-corrected chi connectivity index (χ3v) is 5.08. The molecule has 1 heterocycles. The van der Waals surface area contributed by atoms with Crippen molar-refractivity contribution in [1.29, 1.82) is 0 Å². The van der Waals surface area contributed by atoms with Gasteiger partial charge in [0.15, 0.2) is 9.84 Å². The minimum absolute atomic E-state index is 0.0443. The minimum atomic E-state index is -3.49. The summed E-state index contributed by atoms with van der Waals surface area (Å²) < 4.78 is 23.1. The predicted octanol–water partition coefficient (Wildman–Crippen LogP) is 1.69. The standard InChI is InChI=1S/C14H16N4O4S/c1-23(21,22)11-3-5-13(14(7-11)18(19)20)16-10-2-4-12-9(6-10)8-15-17-12/h3,5,7-8,10,16H,2,4,6H2,1H3,(H,15,17). The normalized spacial score (nSPS) is 17.5. The van der Waals surface area contributed by atoms with Crippen LogP contribution in [0.2, 0.25) is 0 Å². The zero-order valence-electron chi connectivity index (χ0n) is 12.4. The molecular weight excluding hydrogens is 320 g/mol. The van der Waals surface area contributed by atoms with E-state index >= 15 is 0 Å². The molecule has 1 aliphatic carbocycles. The number of fused-ring (bicyclic) bond motifs is 1. The number of nitro benzene ring substituents is 1. The molecule has 1 atom stereocenters. The fraction of sp³-hybridized carbons (Fsp3) is 0.357. The van der Waals surface area contributed by atoms with Crippen molar-refractivity contribution in [3.63, 3.8) is 0 Å². The highest BCUT2D eigenvalue weighted by molar-refractivity contribution is 7.90. The summed E-state index contributed by atoms with van der Waals surface area (Å²) in [5.74, 6) is 0. The van der Waals surface area contributed by atoms with E-state index in [0.717, 1.165) is 42.8 Å². The zero-order valence-corrected chi connectivity index (χ0v) is 13.3. The summed E-state index contributed by atoms with van der Waals surface area (Å²) in [5, 5.41) is 21.4. The van der Waals surface area contributed by atoms with E-state index in [0.29, 0.717) is 5.69 Å². The highest BCUT2D eigenvalue weighted by Gasteiger charge is 2.24. The molecule has 1 unspecified atom stereocenters. The first-order chi connectivity index (χ1) is 10.8. The maximum atomic E-state index is 11.6. The van der Waals surface area contributed by atoms with Crippen molar-refractivity contribution in [2.75, 3.05) is 11.6 Å². The molecule has 0 saturated heterocycles. The Morgan fingerprint density at radius 2 is 2.22 bits per heavy atom. The van der Waals surface area contributed by atoms with Crippen LogP contribution in [0.5, 0.6) is 0 Å². The monoisotopic (exact) mass is 336 g/mol. The highest BCUT2D eigenvalue weighted by Crippen LogP contribution is 2.30. The fourth-order valence-electron chi connectivity index (χ4n) is 2.77. The van der Waals surface area contributed by atoms with Crippen LogP contribution in [0.3, 0.4) is 0 Å². The maximum Gasteiger partial charge on any atom is 0.293 e. The number of hydrogen-bond donors (Lipinski definition) is 2. The van der Waals surface area contributed by atoms with Gasteiger partial charge in [-0.25, -0.2) is 8.42 Å². The molecule has 1 aliphatic rings. The Morgan fingerprint density at radius 3 is 2.91 bits per heavy atom. The van der Waals surface area contributed by atoms with Gasteiger partial charge in [-0.3, -0.25) is 15.2 Å². The van der Waals surface area contributed by atoms with Gasteiger partial charge in [0.05, 0.1) is 16.0 Å². The van der Waals surface area contributed by atoms with Gasteiger partial charge in [0.1, 0.15) is 5.69 Å². The van der Waals surface area contributed by atoms with Crippen LogP contribution in [0.25, 0.3) is 0 Å². The van der Waals surface area contributed by atoms with Gasteiger partial charge in [-0.15, -0.1) is 0 Å². The Labute approximate surface area is 133 Å². The lowest BCUT2D eigenvalue weighted by molar-refractivity contribution is -0.384. The molecule has 1 aromatic carbocycles. The third-order valence-electron chi connectivity index (χ3n) is 3.97. The quantitative estimate of drug-likeness (QED) is 0.648. The molecule has 0 bridgehead atoms. The molecule has 122 valence electrons. The molecule has 0 aliphatic heterocycles. The summed E-state index contributed by atoms with van der Waals surface area (Å²) in [6, 6.07) is 3.99. The van der Waals surface area contributed by atoms with Crippen molar-refractivity contribution in [2.45, 2.75) is 30.2 Å². The van der Waals surface area contributed by atoms with E-state index in [4.69, 9.17) is 0 Å². The van der Waals surface area contributed by atoms with Crippen LogP contribution >= 0.6 is 0 Å². The number of rotatable bonds is 4. The predicted molar refractivity (Wildman–Crippen MR) is 84.2 cm³/mol. The van der Waals surface area contributed by atoms with E-state index in [1.165, 1.54) is 12.1 Å². The number of anilines is 1. The average molecular weight is 336 g/mol. The van der Waals surface area contributed by atoms with Crippen molar-refractivity contribution in [2.24, 2.45) is 0 Å². The average Bonchev–Trinajstić information content (AvgIpc) is 2.93. The summed E-state index contributed by atoms with van der Waals surface area (Å²) in [7, 11) is -3.49. The van der Waals surface area contributed by atoms with Crippen LogP contribution in [0.1, 0.15) is 17.7 Å². The lowest BCUT2D eigenvalue weighted by atomic mass is 9.93. The Morgan fingerprint density at radius 1 is 1.43 bits per heavy atom. The van der Waals surface area contributed by atoms with E-state index < -0.39 is 14.8 Å². The molecule has 2 N–H and O–H groups in total. The van der Waals surface area contributed by atoms with Gasteiger partial charge < -0.3 is 5.32 Å². The van der Waals surface area contributed by atoms with E-state index in [9.17, 15) is 18.5 Å². The second-order valence-electron chi connectivity index (χ2n) is 5.67. The molecule has 9 heteroatoms. The van der Waals surface area contributed by atoms with E-state index in [1.807, 2.05) is 0 Å². The summed E-state index contributed by atoms with van der Waals surface area (Å²) in [6.07, 6.45) is 5.16. The van der Waals surface area contributed by atoms with Gasteiger partial charge in [0, 0.05) is 24.1 Å². The summed E-state index contributed by atoms with van der Waals surface area (Å²) in [6.45, 7) is 0. The van der Waals surface area contributed by atoms with Crippen molar-refractivity contribution in [1.82, 2.24) is 10.2 Å². The minimum Gasteiger partial charge on any atom is -0.376 e. The third kappa shape index (κ3) is 3.19. The van der Waals surface area contributed by atoms with Gasteiger partial charge in [-0.1, -0.05) is 0 Å². The Hall–Kier alpha value is -2.42. The first-order valence-electron chi connectivity index (χ1n) is 7.11. The molecule has 2 aromatic rings. The Kier molecular flexibility index (Phi) is 3.80. The smallest absolute Gasteiger partial charge is 0.293 e. The first-order valence-corrected chi connectivity index (χ1v) is 9.00. The van der Waals surface area contributed by atoms with Crippen molar-refractivity contribution in [3.8, 4) is 0 Å². The number of sulfone groups is 1. The van der Waals surface area contributed by atoms with Crippen LogP contribution in [0.4, 0.5) is 11.4 Å². The number of aryl methyl sites for hydroxylation is 1. The summed E-state index contributed by atoms with van der Waals surface area (Å²) >= 11 is 0. The van der Waals surface area contributed by atoms with Crippen LogP contribution < -0.4 is 5.32 Å². The largest absolute Gasteiger partial charge is 0.376 e. The molecule has 23 heavy (non-hydrogen) atoms. The van der Waals surface area contributed by atoms with Gasteiger partial charge in [0.25, 0.3) is 5.69 Å². The molecule has 1 aromatic heterocycles. The van der Waals surface area contributed by atoms with Crippen LogP contribution in [0.15, 0.2) is 29.3 Å². The number of hydrogen-bond acceptors (Lipinski definition) is 6. The molecule has 0 fully saturated rings. The van der Waals surface area contributed by atoms with Crippen LogP contribution in [-0.4, -0.2) is 35.8 Å². The van der Waals surface area contributed by atoms with Crippen molar-refractivity contribution < 1.29 is 13.3 Å². The first kappa shape index (κ1) is 15.5. The van der Waals surface area contributed by atoms with E-state index in [1.54, 1.807) is 6.20 Å². The number of nitrogens with zero attached hydrogens (tertiary/aromatic N) is 2. The Bertz CT molecular complexity index is 859. The number of aromatic amines is 1. The SMILES string of the molecule is CS(=O)(=O)c1ccc(NC2CCc3[nH]ncc3C2)c([N+](=O)[O-])c1. The van der Waals surface area contributed by atoms with E-state index in [-0.39, 0.29) is 16.6 Å². The van der Waals surface area contributed by atoms with Crippen LogP contribution in [-0.2, 0) is 22.7 Å². The Balaban J connectivity index is 1.87. The number of nitrogens with one attached hydrogen (secondary N) is 2. The van der Waals surface area contributed by atoms with Crippen molar-refractivity contribution >= 4 is 21.2 Å². The number of H-pyrrole nitrogens is 1.